The number of quaternary nitrogens is 1. The SMILES string of the molecule is CC/C=C/C/C=C/C/C=C/CCCCCCCCCCCCC(=O)OCC(COCCC(C(=O)O)[N+](C)(C)C)OC(=O)CCCCCCCCCCCCC. The second-order valence-corrected chi connectivity index (χ2v) is 16.3. The Morgan fingerprint density at radius 3 is 1.51 bits per heavy atom. The number of ether oxygens (including phenoxy) is 3. The zero-order valence-corrected chi connectivity index (χ0v) is 36.4. The quantitative estimate of drug-likeness (QED) is 0.0286. The highest BCUT2D eigenvalue weighted by Gasteiger charge is 2.31. The zero-order chi connectivity index (χ0) is 40.7. The maximum atomic E-state index is 12.7. The van der Waals surface area contributed by atoms with Gasteiger partial charge in [0.2, 0.25) is 0 Å². The molecule has 0 amide bonds. The number of unbranched alkanes of at least 4 members (excludes halogenated alkanes) is 20. The predicted octanol–water partition coefficient (Wildman–Crippen LogP) is 12.2. The highest BCUT2D eigenvalue weighted by atomic mass is 16.6. The van der Waals surface area contributed by atoms with E-state index in [0.29, 0.717) is 19.3 Å². The Morgan fingerprint density at radius 1 is 0.564 bits per heavy atom. The van der Waals surface area contributed by atoms with E-state index < -0.39 is 18.1 Å². The van der Waals surface area contributed by atoms with Crippen LogP contribution >= 0.6 is 0 Å². The van der Waals surface area contributed by atoms with E-state index in [1.807, 2.05) is 21.1 Å². The summed E-state index contributed by atoms with van der Waals surface area (Å²) in [7, 11) is 5.53. The number of esters is 2. The zero-order valence-electron chi connectivity index (χ0n) is 36.4. The first-order valence-electron chi connectivity index (χ1n) is 22.5. The van der Waals surface area contributed by atoms with Gasteiger partial charge in [-0.25, -0.2) is 4.79 Å². The molecule has 55 heavy (non-hydrogen) atoms. The number of hydrogen-bond acceptors (Lipinski definition) is 6. The van der Waals surface area contributed by atoms with Crippen LogP contribution in [0, 0.1) is 0 Å². The lowest BCUT2D eigenvalue weighted by molar-refractivity contribution is -0.887. The number of allylic oxidation sites excluding steroid dienone is 6. The van der Waals surface area contributed by atoms with Crippen molar-refractivity contribution in [1.29, 1.82) is 0 Å². The van der Waals surface area contributed by atoms with Crippen molar-refractivity contribution in [2.75, 3.05) is 41.0 Å². The van der Waals surface area contributed by atoms with Gasteiger partial charge < -0.3 is 23.8 Å². The highest BCUT2D eigenvalue weighted by Crippen LogP contribution is 2.15. The largest absolute Gasteiger partial charge is 0.477 e. The van der Waals surface area contributed by atoms with Gasteiger partial charge in [-0.3, -0.25) is 9.59 Å². The monoisotopic (exact) mass is 777 g/mol. The van der Waals surface area contributed by atoms with Crippen LogP contribution < -0.4 is 0 Å². The molecule has 0 aromatic heterocycles. The molecule has 0 spiro atoms. The van der Waals surface area contributed by atoms with Gasteiger partial charge in [0.1, 0.15) is 6.61 Å². The van der Waals surface area contributed by atoms with E-state index >= 15 is 0 Å². The first kappa shape index (κ1) is 52.6. The van der Waals surface area contributed by atoms with Crippen molar-refractivity contribution < 1.29 is 38.2 Å². The van der Waals surface area contributed by atoms with Crippen LogP contribution in [0.25, 0.3) is 0 Å². The molecule has 0 saturated heterocycles. The van der Waals surface area contributed by atoms with Crippen molar-refractivity contribution in [1.82, 2.24) is 0 Å². The number of carbonyl (C=O) groups excluding carboxylic acids is 2. The Balaban J connectivity index is 4.24. The topological polar surface area (TPSA) is 99.1 Å². The van der Waals surface area contributed by atoms with Crippen molar-refractivity contribution in [3.63, 3.8) is 0 Å². The van der Waals surface area contributed by atoms with Crippen LogP contribution in [-0.2, 0) is 28.6 Å². The van der Waals surface area contributed by atoms with Crippen LogP contribution in [0.5, 0.6) is 0 Å². The summed E-state index contributed by atoms with van der Waals surface area (Å²) in [6, 6.07) is -0.612. The average molecular weight is 777 g/mol. The van der Waals surface area contributed by atoms with E-state index in [-0.39, 0.29) is 36.2 Å². The Labute approximate surface area is 338 Å². The molecule has 0 aromatic rings. The van der Waals surface area contributed by atoms with Crippen molar-refractivity contribution in [3.8, 4) is 0 Å². The summed E-state index contributed by atoms with van der Waals surface area (Å²) >= 11 is 0. The maximum absolute atomic E-state index is 12.7. The van der Waals surface area contributed by atoms with Crippen LogP contribution in [0.15, 0.2) is 36.5 Å². The van der Waals surface area contributed by atoms with Crippen LogP contribution in [0.4, 0.5) is 0 Å². The molecule has 0 aliphatic rings. The Bertz CT molecular complexity index is 1000. The molecule has 0 rings (SSSR count). The van der Waals surface area contributed by atoms with Gasteiger partial charge in [0.15, 0.2) is 12.1 Å². The number of aliphatic carboxylic acids is 1. The summed E-state index contributed by atoms with van der Waals surface area (Å²) < 4.78 is 17.3. The molecule has 0 fully saturated rings. The van der Waals surface area contributed by atoms with E-state index in [1.165, 1.54) is 103 Å². The normalized spacial score (nSPS) is 13.3. The minimum atomic E-state index is -0.875. The molecule has 0 aromatic carbocycles. The molecule has 1 N–H and O–H groups in total. The molecule has 0 saturated carbocycles. The molecule has 0 bridgehead atoms. The fourth-order valence-electron chi connectivity index (χ4n) is 6.58. The molecule has 8 heteroatoms. The van der Waals surface area contributed by atoms with Crippen LogP contribution in [-0.4, -0.2) is 80.6 Å². The second-order valence-electron chi connectivity index (χ2n) is 16.3. The van der Waals surface area contributed by atoms with Crippen molar-refractivity contribution in [3.05, 3.63) is 36.5 Å². The Kier molecular flexibility index (Phi) is 36.7. The lowest BCUT2D eigenvalue weighted by Gasteiger charge is -2.31. The summed E-state index contributed by atoms with van der Waals surface area (Å²) in [6.45, 7) is 4.62. The Hall–Kier alpha value is -2.45. The van der Waals surface area contributed by atoms with E-state index in [2.05, 4.69) is 50.3 Å². The van der Waals surface area contributed by atoms with E-state index in [1.54, 1.807) is 0 Å². The first-order valence-corrected chi connectivity index (χ1v) is 22.5. The van der Waals surface area contributed by atoms with Gasteiger partial charge in [0.05, 0.1) is 34.4 Å². The smallest absolute Gasteiger partial charge is 0.362 e. The van der Waals surface area contributed by atoms with Crippen molar-refractivity contribution in [2.24, 2.45) is 0 Å². The fraction of sp³-hybridized carbons (Fsp3) is 0.809. The van der Waals surface area contributed by atoms with Crippen LogP contribution in [0.1, 0.15) is 194 Å². The van der Waals surface area contributed by atoms with Gasteiger partial charge >= 0.3 is 17.9 Å². The molecule has 2 unspecified atom stereocenters. The lowest BCUT2D eigenvalue weighted by Crippen LogP contribution is -2.50. The van der Waals surface area contributed by atoms with E-state index in [0.717, 1.165) is 57.8 Å². The average Bonchev–Trinajstić information content (AvgIpc) is 3.14. The van der Waals surface area contributed by atoms with Gasteiger partial charge in [0, 0.05) is 19.3 Å². The van der Waals surface area contributed by atoms with E-state index in [4.69, 9.17) is 14.2 Å². The fourth-order valence-corrected chi connectivity index (χ4v) is 6.58. The van der Waals surface area contributed by atoms with Crippen molar-refractivity contribution >= 4 is 17.9 Å². The summed E-state index contributed by atoms with van der Waals surface area (Å²) in [6.07, 6.45) is 43.3. The third-order valence-corrected chi connectivity index (χ3v) is 10.1. The predicted molar refractivity (Wildman–Crippen MR) is 229 cm³/mol. The summed E-state index contributed by atoms with van der Waals surface area (Å²) in [5.74, 6) is -1.47. The molecular weight excluding hydrogens is 691 g/mol. The molecule has 0 aliphatic heterocycles. The number of nitrogens with zero attached hydrogens (tertiary/aromatic N) is 1. The number of carboxylic acid groups (broad SMARTS) is 1. The third-order valence-electron chi connectivity index (χ3n) is 10.1. The number of likely N-dealkylation sites (N-methyl/N-ethyl adjacent to an activating group) is 1. The molecule has 320 valence electrons. The second kappa shape index (κ2) is 38.4. The number of carbonyl (C=O) groups is 3. The molecule has 0 aliphatic carbocycles. The maximum Gasteiger partial charge on any atom is 0.362 e. The minimum Gasteiger partial charge on any atom is -0.477 e. The van der Waals surface area contributed by atoms with Gasteiger partial charge in [0.25, 0.3) is 0 Å². The number of hydrogen-bond donors (Lipinski definition) is 1. The molecule has 2 atom stereocenters. The highest BCUT2D eigenvalue weighted by molar-refractivity contribution is 5.72. The lowest BCUT2D eigenvalue weighted by atomic mass is 10.1. The summed E-state index contributed by atoms with van der Waals surface area (Å²) in [4.78, 5) is 36.9. The van der Waals surface area contributed by atoms with Crippen molar-refractivity contribution in [2.45, 2.75) is 206 Å². The molecular formula is C47H86NO7+. The third kappa shape index (κ3) is 36.9. The number of rotatable bonds is 40. The van der Waals surface area contributed by atoms with Crippen LogP contribution in [0.3, 0.4) is 0 Å². The molecule has 8 nitrogen and oxygen atoms in total. The standard InChI is InChI=1S/C47H85NO7/c1-6-8-10-12-14-16-18-19-20-21-22-23-24-25-26-28-29-31-33-35-37-45(49)54-42-43(41-53-40-39-44(47(51)52)48(3,4)5)55-46(50)38-36-34-32-30-27-17-15-13-11-9-7-2/h8,10,14,16,19-20,43-44H,6-7,9,11-13,15,17-18,21-42H2,1-5H3/p+1/b10-8+,16-14+,20-19+. The summed E-state index contributed by atoms with van der Waals surface area (Å²) in [5.41, 5.74) is 0. The van der Waals surface area contributed by atoms with E-state index in [9.17, 15) is 19.5 Å². The molecule has 0 radical (unpaired) electrons. The summed E-state index contributed by atoms with van der Waals surface area (Å²) in [5, 5.41) is 9.61. The minimum absolute atomic E-state index is 0.0502. The van der Waals surface area contributed by atoms with Gasteiger partial charge in [-0.15, -0.1) is 0 Å². The Morgan fingerprint density at radius 2 is 1.02 bits per heavy atom. The van der Waals surface area contributed by atoms with Gasteiger partial charge in [-0.1, -0.05) is 166 Å². The van der Waals surface area contributed by atoms with Crippen LogP contribution in [0.2, 0.25) is 0 Å². The van der Waals surface area contributed by atoms with Gasteiger partial charge in [-0.05, 0) is 44.9 Å². The number of carboxylic acids is 1. The van der Waals surface area contributed by atoms with Gasteiger partial charge in [-0.2, -0.15) is 0 Å². The molecule has 0 heterocycles. The first-order chi connectivity index (χ1) is 26.6.